The minimum Gasteiger partial charge on any atom is -0.414 e. The Morgan fingerprint density at radius 3 is 2.75 bits per heavy atom. The Morgan fingerprint density at radius 2 is 2.33 bits per heavy atom. The van der Waals surface area contributed by atoms with Crippen LogP contribution in [0.5, 0.6) is 0 Å². The lowest BCUT2D eigenvalue weighted by Gasteiger charge is -2.07. The molecule has 0 saturated carbocycles. The van der Waals surface area contributed by atoms with Crippen molar-refractivity contribution < 1.29 is 27.7 Å². The average molecular weight is 198 g/mol. The van der Waals surface area contributed by atoms with Crippen LogP contribution in [0.25, 0.3) is 0 Å². The van der Waals surface area contributed by atoms with Crippen LogP contribution < -0.4 is 0 Å². The van der Waals surface area contributed by atoms with Crippen LogP contribution in [-0.2, 0) is 18.6 Å². The maximum Gasteiger partial charge on any atom is 0.512 e. The van der Waals surface area contributed by atoms with Gasteiger partial charge in [-0.25, -0.2) is 4.79 Å². The van der Waals surface area contributed by atoms with Gasteiger partial charge in [0.1, 0.15) is 0 Å². The van der Waals surface area contributed by atoms with Gasteiger partial charge in [0.2, 0.25) is 13.9 Å². The molecule has 0 amide bonds. The molecule has 3 unspecified atom stereocenters. The molecule has 5 nitrogen and oxygen atoms in total. The third kappa shape index (κ3) is 1.95. The zero-order chi connectivity index (χ0) is 9.14. The van der Waals surface area contributed by atoms with Crippen molar-refractivity contribution in [2.24, 2.45) is 0 Å². The summed E-state index contributed by atoms with van der Waals surface area (Å²) in [5, 5.41) is 0. The summed E-state index contributed by atoms with van der Waals surface area (Å²) < 4.78 is 36.4. The number of alkyl halides is 1. The van der Waals surface area contributed by atoms with Gasteiger partial charge in [-0.15, -0.1) is 0 Å². The van der Waals surface area contributed by atoms with Crippen LogP contribution in [-0.4, -0.2) is 25.0 Å². The Hall–Kier alpha value is -0.610. The summed E-state index contributed by atoms with van der Waals surface area (Å²) in [5.74, 6) is -1.39. The number of cyclic esters (lactones) is 2. The number of rotatable bonds is 3. The third-order valence-corrected chi connectivity index (χ3v) is 2.61. The summed E-state index contributed by atoms with van der Waals surface area (Å²) in [7, 11) is -2.69. The maximum atomic E-state index is 12.6. The Morgan fingerprint density at radius 1 is 1.67 bits per heavy atom. The molecule has 70 valence electrons. The molecule has 0 spiro atoms. The summed E-state index contributed by atoms with van der Waals surface area (Å²) in [4.78, 5) is 10.3. The molecule has 7 heteroatoms. The van der Waals surface area contributed by atoms with E-state index in [-0.39, 0.29) is 6.61 Å². The monoisotopic (exact) mass is 198 g/mol. The molecule has 1 aliphatic heterocycles. The van der Waals surface area contributed by atoms with E-state index in [2.05, 4.69) is 14.0 Å². The van der Waals surface area contributed by atoms with Crippen LogP contribution in [0.1, 0.15) is 6.92 Å². The van der Waals surface area contributed by atoms with Crippen LogP contribution in [0.3, 0.4) is 0 Å². The molecule has 0 aromatic rings. The second-order valence-corrected chi connectivity index (χ2v) is 3.51. The molecule has 3 atom stereocenters. The predicted molar refractivity (Wildman–Crippen MR) is 36.9 cm³/mol. The molecule has 1 saturated heterocycles. The lowest BCUT2D eigenvalue weighted by atomic mass is 10.7. The maximum absolute atomic E-state index is 12.6. The average Bonchev–Trinajstić information content (AvgIpc) is 2.30. The first-order valence-corrected chi connectivity index (χ1v) is 4.72. The third-order valence-electron chi connectivity index (χ3n) is 1.19. The van der Waals surface area contributed by atoms with Gasteiger partial charge in [0.05, 0.1) is 6.61 Å². The lowest BCUT2D eigenvalue weighted by molar-refractivity contribution is 0.0490. The van der Waals surface area contributed by atoms with Crippen molar-refractivity contribution in [2.45, 2.75) is 19.1 Å². The van der Waals surface area contributed by atoms with Crippen molar-refractivity contribution in [3.63, 3.8) is 0 Å². The second kappa shape index (κ2) is 3.87. The first-order valence-electron chi connectivity index (χ1n) is 3.33. The van der Waals surface area contributed by atoms with Crippen molar-refractivity contribution in [1.82, 2.24) is 0 Å². The number of carbonyl (C=O) groups excluding carboxylic acids is 1. The van der Waals surface area contributed by atoms with E-state index in [0.717, 1.165) is 0 Å². The van der Waals surface area contributed by atoms with Crippen molar-refractivity contribution >= 4 is 14.2 Å². The van der Waals surface area contributed by atoms with Crippen molar-refractivity contribution in [3.05, 3.63) is 0 Å². The van der Waals surface area contributed by atoms with Gasteiger partial charge in [-0.05, 0) is 6.92 Å². The van der Waals surface area contributed by atoms with E-state index < -0.39 is 26.4 Å². The molecule has 12 heavy (non-hydrogen) atoms. The van der Waals surface area contributed by atoms with E-state index in [1.807, 2.05) is 0 Å². The minimum atomic E-state index is -2.69. The van der Waals surface area contributed by atoms with Crippen LogP contribution in [0.4, 0.5) is 9.18 Å². The predicted octanol–water partition coefficient (Wildman–Crippen LogP) is 1.29. The van der Waals surface area contributed by atoms with Gasteiger partial charge in [-0.1, -0.05) is 0 Å². The van der Waals surface area contributed by atoms with Crippen LogP contribution in [0.2, 0.25) is 0 Å². The van der Waals surface area contributed by atoms with Crippen molar-refractivity contribution in [2.75, 3.05) is 6.61 Å². The topological polar surface area (TPSA) is 61.8 Å². The number of carbonyl (C=O) groups is 1. The molecule has 0 aromatic carbocycles. The van der Waals surface area contributed by atoms with E-state index in [4.69, 9.17) is 0 Å². The Bertz CT molecular complexity index is 208. The van der Waals surface area contributed by atoms with E-state index in [0.29, 0.717) is 0 Å². The number of ether oxygens (including phenoxy) is 2. The summed E-state index contributed by atoms with van der Waals surface area (Å²) in [5.41, 5.74) is 0. The van der Waals surface area contributed by atoms with Gasteiger partial charge in [0.25, 0.3) is 6.36 Å². The first-order chi connectivity index (χ1) is 5.65. The molecule has 1 aliphatic rings. The molecule has 1 heterocycles. The van der Waals surface area contributed by atoms with Crippen LogP contribution in [0.15, 0.2) is 0 Å². The fourth-order valence-corrected chi connectivity index (χ4v) is 1.64. The molecule has 1 fully saturated rings. The molecule has 0 N–H and O–H groups in total. The number of hydrogen-bond donors (Lipinski definition) is 0. The quantitative estimate of drug-likeness (QED) is 0.505. The standard InChI is InChI=1S/C5H8FO5P/c1-2-9-12(8)4-3(6)10-5(7)11-4/h3-4,12H,2H2,1H3. The SMILES string of the molecule is CCO[PH](=O)C1OC(=O)OC1F. The smallest absolute Gasteiger partial charge is 0.414 e. The van der Waals surface area contributed by atoms with Crippen molar-refractivity contribution in [1.29, 1.82) is 0 Å². The zero-order valence-electron chi connectivity index (χ0n) is 6.28. The summed E-state index contributed by atoms with van der Waals surface area (Å²) in [6.45, 7) is 1.78. The molecule has 1 rings (SSSR count). The van der Waals surface area contributed by atoms with Crippen LogP contribution >= 0.6 is 8.03 Å². The molecule has 0 bridgehead atoms. The van der Waals surface area contributed by atoms with Gasteiger partial charge in [-0.2, -0.15) is 4.39 Å². The molecule has 0 aromatic heterocycles. The second-order valence-electron chi connectivity index (χ2n) is 2.01. The van der Waals surface area contributed by atoms with Gasteiger partial charge < -0.3 is 14.0 Å². The van der Waals surface area contributed by atoms with Crippen molar-refractivity contribution in [3.8, 4) is 0 Å². The molecule has 0 radical (unpaired) electrons. The highest BCUT2D eigenvalue weighted by atomic mass is 31.1. The highest BCUT2D eigenvalue weighted by molar-refractivity contribution is 7.39. The Labute approximate surface area is 68.7 Å². The van der Waals surface area contributed by atoms with Gasteiger partial charge in [0, 0.05) is 0 Å². The fourth-order valence-electron chi connectivity index (χ4n) is 0.718. The summed E-state index contributed by atoms with van der Waals surface area (Å²) >= 11 is 0. The number of halogens is 1. The molecular weight excluding hydrogens is 190 g/mol. The number of hydrogen-bond acceptors (Lipinski definition) is 5. The van der Waals surface area contributed by atoms with E-state index in [1.165, 1.54) is 0 Å². The summed E-state index contributed by atoms with van der Waals surface area (Å²) in [6, 6.07) is 0. The normalized spacial score (nSPS) is 31.0. The highest BCUT2D eigenvalue weighted by Crippen LogP contribution is 2.37. The summed E-state index contributed by atoms with van der Waals surface area (Å²) in [6.07, 6.45) is -3.12. The zero-order valence-corrected chi connectivity index (χ0v) is 7.28. The van der Waals surface area contributed by atoms with E-state index in [9.17, 15) is 13.8 Å². The van der Waals surface area contributed by atoms with Crippen LogP contribution in [0, 0.1) is 0 Å². The van der Waals surface area contributed by atoms with Gasteiger partial charge in [0.15, 0.2) is 0 Å². The molecular formula is C5H8FO5P. The highest BCUT2D eigenvalue weighted by Gasteiger charge is 2.41. The van der Waals surface area contributed by atoms with Gasteiger partial charge >= 0.3 is 6.16 Å². The largest absolute Gasteiger partial charge is 0.512 e. The Balaban J connectivity index is 2.52. The first kappa shape index (κ1) is 9.48. The van der Waals surface area contributed by atoms with E-state index >= 15 is 0 Å². The fraction of sp³-hybridized carbons (Fsp3) is 0.800. The van der Waals surface area contributed by atoms with Gasteiger partial charge in [-0.3, -0.25) is 4.57 Å². The minimum absolute atomic E-state index is 0.179. The van der Waals surface area contributed by atoms with E-state index in [1.54, 1.807) is 6.92 Å². The Kier molecular flexibility index (Phi) is 3.05. The molecule has 0 aliphatic carbocycles. The lowest BCUT2D eigenvalue weighted by Crippen LogP contribution is -2.13.